The zero-order valence-corrected chi connectivity index (χ0v) is 9.42. The van der Waals surface area contributed by atoms with Crippen LogP contribution in [0.2, 0.25) is 0 Å². The van der Waals surface area contributed by atoms with Gasteiger partial charge in [0, 0.05) is 20.1 Å². The zero-order chi connectivity index (χ0) is 11.0. The van der Waals surface area contributed by atoms with Crippen LogP contribution in [0.3, 0.4) is 0 Å². The number of nitrogens with one attached hydrogen (secondary N) is 1. The summed E-state index contributed by atoms with van der Waals surface area (Å²) in [4.78, 5) is 12.9. The van der Waals surface area contributed by atoms with Gasteiger partial charge in [0.2, 0.25) is 5.91 Å². The molecule has 4 nitrogen and oxygen atoms in total. The fourth-order valence-corrected chi connectivity index (χ4v) is 1.09. The van der Waals surface area contributed by atoms with E-state index in [2.05, 4.69) is 5.32 Å². The molecule has 0 aliphatic heterocycles. The lowest BCUT2D eigenvalue weighted by atomic mass is 10.2. The van der Waals surface area contributed by atoms with Gasteiger partial charge in [-0.05, 0) is 13.3 Å². The predicted octanol–water partition coefficient (Wildman–Crippen LogP) is 0.215. The van der Waals surface area contributed by atoms with Gasteiger partial charge in [-0.2, -0.15) is 0 Å². The molecular formula is C10H22N2O2. The third-order valence-corrected chi connectivity index (χ3v) is 2.18. The van der Waals surface area contributed by atoms with E-state index in [9.17, 15) is 9.90 Å². The second-order valence-electron chi connectivity index (χ2n) is 3.48. The van der Waals surface area contributed by atoms with E-state index >= 15 is 0 Å². The normalized spacial score (nSPS) is 12.6. The molecule has 0 saturated heterocycles. The molecule has 0 rings (SSSR count). The predicted molar refractivity (Wildman–Crippen MR) is 57.1 cm³/mol. The van der Waals surface area contributed by atoms with Gasteiger partial charge in [-0.1, -0.05) is 13.3 Å². The Morgan fingerprint density at radius 2 is 2.14 bits per heavy atom. The van der Waals surface area contributed by atoms with Crippen LogP contribution in [0, 0.1) is 0 Å². The average Bonchev–Trinajstić information content (AvgIpc) is 2.16. The van der Waals surface area contributed by atoms with Crippen molar-refractivity contribution in [2.24, 2.45) is 0 Å². The van der Waals surface area contributed by atoms with Crippen molar-refractivity contribution in [2.75, 3.05) is 26.7 Å². The first-order chi connectivity index (χ1) is 6.61. The molecule has 1 amide bonds. The summed E-state index contributed by atoms with van der Waals surface area (Å²) in [6.07, 6.45) is 1.41. The van der Waals surface area contributed by atoms with Crippen LogP contribution < -0.4 is 5.32 Å². The van der Waals surface area contributed by atoms with Crippen molar-refractivity contribution in [3.05, 3.63) is 0 Å². The molecule has 2 N–H and O–H groups in total. The molecule has 4 heteroatoms. The topological polar surface area (TPSA) is 52.6 Å². The fourth-order valence-electron chi connectivity index (χ4n) is 1.09. The van der Waals surface area contributed by atoms with Crippen molar-refractivity contribution in [1.29, 1.82) is 0 Å². The second-order valence-corrected chi connectivity index (χ2v) is 3.48. The van der Waals surface area contributed by atoms with Gasteiger partial charge in [-0.15, -0.1) is 0 Å². The van der Waals surface area contributed by atoms with E-state index < -0.39 is 0 Å². The van der Waals surface area contributed by atoms with Crippen molar-refractivity contribution in [3.63, 3.8) is 0 Å². The van der Waals surface area contributed by atoms with E-state index in [1.165, 1.54) is 0 Å². The summed E-state index contributed by atoms with van der Waals surface area (Å²) in [6, 6.07) is 0. The Balaban J connectivity index is 3.48. The van der Waals surface area contributed by atoms with Crippen molar-refractivity contribution in [2.45, 2.75) is 32.8 Å². The zero-order valence-electron chi connectivity index (χ0n) is 9.42. The number of aliphatic hydroxyl groups excluding tert-OH is 1. The molecule has 0 aromatic carbocycles. The minimum absolute atomic E-state index is 0.0659. The summed E-state index contributed by atoms with van der Waals surface area (Å²) in [5, 5.41) is 12.3. The summed E-state index contributed by atoms with van der Waals surface area (Å²) in [5.74, 6) is 0.0659. The molecule has 0 aromatic heterocycles. The Bertz CT molecular complexity index is 162. The molecule has 14 heavy (non-hydrogen) atoms. The lowest BCUT2D eigenvalue weighted by molar-refractivity contribution is -0.128. The quantitative estimate of drug-likeness (QED) is 0.621. The number of nitrogens with zero attached hydrogens (tertiary/aromatic N) is 1. The maximum atomic E-state index is 11.3. The summed E-state index contributed by atoms with van der Waals surface area (Å²) in [5.41, 5.74) is 0. The smallest absolute Gasteiger partial charge is 0.236 e. The van der Waals surface area contributed by atoms with Crippen molar-refractivity contribution in [3.8, 4) is 0 Å². The first-order valence-corrected chi connectivity index (χ1v) is 5.24. The van der Waals surface area contributed by atoms with E-state index in [-0.39, 0.29) is 12.0 Å². The van der Waals surface area contributed by atoms with E-state index in [4.69, 9.17) is 0 Å². The highest BCUT2D eigenvalue weighted by atomic mass is 16.3. The molecule has 0 aliphatic carbocycles. The van der Waals surface area contributed by atoms with Crippen LogP contribution in [0.5, 0.6) is 0 Å². The van der Waals surface area contributed by atoms with Crippen LogP contribution in [-0.2, 0) is 4.79 Å². The SMILES string of the molecule is CCCC(O)CNCC(=O)N(C)CC. The van der Waals surface area contributed by atoms with E-state index in [1.54, 1.807) is 11.9 Å². The van der Waals surface area contributed by atoms with E-state index in [1.807, 2.05) is 13.8 Å². The first kappa shape index (κ1) is 13.4. The first-order valence-electron chi connectivity index (χ1n) is 5.24. The van der Waals surface area contributed by atoms with Crippen molar-refractivity contribution < 1.29 is 9.90 Å². The van der Waals surface area contributed by atoms with Gasteiger partial charge in [0.05, 0.1) is 12.6 Å². The number of carbonyl (C=O) groups is 1. The summed E-state index contributed by atoms with van der Waals surface area (Å²) >= 11 is 0. The van der Waals surface area contributed by atoms with Crippen LogP contribution in [0.15, 0.2) is 0 Å². The average molecular weight is 202 g/mol. The fraction of sp³-hybridized carbons (Fsp3) is 0.900. The Morgan fingerprint density at radius 3 is 2.64 bits per heavy atom. The number of hydrogen-bond acceptors (Lipinski definition) is 3. The monoisotopic (exact) mass is 202 g/mol. The molecule has 0 spiro atoms. The van der Waals surface area contributed by atoms with Gasteiger partial charge < -0.3 is 15.3 Å². The number of likely N-dealkylation sites (N-methyl/N-ethyl adjacent to an activating group) is 1. The minimum Gasteiger partial charge on any atom is -0.392 e. The number of rotatable bonds is 7. The summed E-state index contributed by atoms with van der Waals surface area (Å²) < 4.78 is 0. The molecule has 0 fully saturated rings. The summed E-state index contributed by atoms with van der Waals surface area (Å²) in [6.45, 7) is 5.49. The Kier molecular flexibility index (Phi) is 7.42. The van der Waals surface area contributed by atoms with Crippen molar-refractivity contribution in [1.82, 2.24) is 10.2 Å². The standard InChI is InChI=1S/C10H22N2O2/c1-4-6-9(13)7-11-8-10(14)12(3)5-2/h9,11,13H,4-8H2,1-3H3. The molecule has 84 valence electrons. The van der Waals surface area contributed by atoms with Crippen LogP contribution in [0.4, 0.5) is 0 Å². The van der Waals surface area contributed by atoms with Gasteiger partial charge in [-0.25, -0.2) is 0 Å². The number of aliphatic hydroxyl groups is 1. The lowest BCUT2D eigenvalue weighted by Gasteiger charge is -2.16. The molecule has 0 radical (unpaired) electrons. The van der Waals surface area contributed by atoms with Gasteiger partial charge in [0.25, 0.3) is 0 Å². The molecule has 1 unspecified atom stereocenters. The third kappa shape index (κ3) is 5.94. The van der Waals surface area contributed by atoms with Crippen LogP contribution in [-0.4, -0.2) is 48.7 Å². The van der Waals surface area contributed by atoms with Crippen LogP contribution in [0.25, 0.3) is 0 Å². The molecule has 1 atom stereocenters. The van der Waals surface area contributed by atoms with E-state index in [0.29, 0.717) is 13.1 Å². The molecule has 0 bridgehead atoms. The van der Waals surface area contributed by atoms with Gasteiger partial charge >= 0.3 is 0 Å². The van der Waals surface area contributed by atoms with Crippen molar-refractivity contribution >= 4 is 5.91 Å². The molecule has 0 aromatic rings. The number of amides is 1. The highest BCUT2D eigenvalue weighted by molar-refractivity contribution is 5.77. The largest absolute Gasteiger partial charge is 0.392 e. The number of hydrogen-bond donors (Lipinski definition) is 2. The van der Waals surface area contributed by atoms with Gasteiger partial charge in [0.15, 0.2) is 0 Å². The van der Waals surface area contributed by atoms with Crippen LogP contribution >= 0.6 is 0 Å². The Hall–Kier alpha value is -0.610. The lowest BCUT2D eigenvalue weighted by Crippen LogP contribution is -2.38. The minimum atomic E-state index is -0.334. The van der Waals surface area contributed by atoms with E-state index in [0.717, 1.165) is 19.4 Å². The van der Waals surface area contributed by atoms with Gasteiger partial charge in [-0.3, -0.25) is 4.79 Å². The molecule has 0 saturated carbocycles. The molecule has 0 heterocycles. The maximum Gasteiger partial charge on any atom is 0.236 e. The Morgan fingerprint density at radius 1 is 1.50 bits per heavy atom. The third-order valence-electron chi connectivity index (χ3n) is 2.18. The molecule has 0 aliphatic rings. The van der Waals surface area contributed by atoms with Crippen LogP contribution in [0.1, 0.15) is 26.7 Å². The Labute approximate surface area is 86.3 Å². The maximum absolute atomic E-state index is 11.3. The molecular weight excluding hydrogens is 180 g/mol. The second kappa shape index (κ2) is 7.76. The van der Waals surface area contributed by atoms with Gasteiger partial charge in [0.1, 0.15) is 0 Å². The highest BCUT2D eigenvalue weighted by Gasteiger charge is 2.07. The summed E-state index contributed by atoms with van der Waals surface area (Å²) in [7, 11) is 1.77. The number of carbonyl (C=O) groups excluding carboxylic acids is 1. The highest BCUT2D eigenvalue weighted by Crippen LogP contribution is 1.93.